The minimum Gasteiger partial charge on any atom is -0.496 e. The van der Waals surface area contributed by atoms with Gasteiger partial charge in [-0.3, -0.25) is 9.59 Å². The molecule has 43 heavy (non-hydrogen) atoms. The van der Waals surface area contributed by atoms with Crippen molar-refractivity contribution in [1.29, 1.82) is 0 Å². The van der Waals surface area contributed by atoms with Crippen molar-refractivity contribution in [3.63, 3.8) is 0 Å². The molecule has 1 unspecified atom stereocenters. The fourth-order valence-electron chi connectivity index (χ4n) is 5.34. The number of hydrogen-bond acceptors (Lipinski definition) is 7. The van der Waals surface area contributed by atoms with Crippen LogP contribution >= 0.6 is 0 Å². The molecule has 0 aliphatic heterocycles. The summed E-state index contributed by atoms with van der Waals surface area (Å²) in [5.41, 5.74) is 9.88. The number of amides is 1. The number of nitrogens with zero attached hydrogens (tertiary/aromatic N) is 1. The molecule has 1 aromatic heterocycles. The van der Waals surface area contributed by atoms with E-state index >= 15 is 0 Å². The lowest BCUT2D eigenvalue weighted by atomic mass is 10.0. The molecule has 0 spiro atoms. The van der Waals surface area contributed by atoms with Crippen LogP contribution < -0.4 is 26.1 Å². The number of ether oxygens (including phenoxy) is 4. The first-order valence-electron chi connectivity index (χ1n) is 14.5. The maximum Gasteiger partial charge on any atom is 0.263 e. The number of hydrogen-bond donors (Lipinski definition) is 2. The molecular formula is C34H37N3O6. The van der Waals surface area contributed by atoms with Crippen molar-refractivity contribution in [1.82, 2.24) is 4.57 Å². The Balaban J connectivity index is 1.20. The lowest BCUT2D eigenvalue weighted by Crippen LogP contribution is -2.30. The Labute approximate surface area is 251 Å². The SMILES string of the molecule is COc1cccc2c1CCC2n1cccc(C(=O)Nc2ccc(-c3cccc(OCCOCCOCCN)c3)cc2)c1=O. The predicted octanol–water partition coefficient (Wildman–Crippen LogP) is 4.68. The minimum absolute atomic E-state index is 0.0971. The van der Waals surface area contributed by atoms with Gasteiger partial charge in [0.2, 0.25) is 0 Å². The van der Waals surface area contributed by atoms with E-state index in [0.29, 0.717) is 45.3 Å². The molecule has 0 radical (unpaired) electrons. The molecule has 224 valence electrons. The molecule has 4 aromatic rings. The van der Waals surface area contributed by atoms with Crippen molar-refractivity contribution >= 4 is 11.6 Å². The highest BCUT2D eigenvalue weighted by molar-refractivity contribution is 6.04. The van der Waals surface area contributed by atoms with Crippen molar-refractivity contribution in [3.05, 3.63) is 112 Å². The molecule has 1 aliphatic carbocycles. The van der Waals surface area contributed by atoms with Crippen molar-refractivity contribution in [2.45, 2.75) is 18.9 Å². The fourth-order valence-corrected chi connectivity index (χ4v) is 5.34. The topological polar surface area (TPSA) is 114 Å². The van der Waals surface area contributed by atoms with Gasteiger partial charge in [-0.2, -0.15) is 0 Å². The smallest absolute Gasteiger partial charge is 0.263 e. The largest absolute Gasteiger partial charge is 0.496 e. The zero-order chi connectivity index (χ0) is 30.0. The molecule has 1 atom stereocenters. The van der Waals surface area contributed by atoms with Gasteiger partial charge in [0.05, 0.1) is 39.6 Å². The summed E-state index contributed by atoms with van der Waals surface area (Å²) in [5, 5.41) is 2.87. The first kappa shape index (κ1) is 30.0. The summed E-state index contributed by atoms with van der Waals surface area (Å²) in [6.45, 7) is 2.92. The first-order chi connectivity index (χ1) is 21.1. The van der Waals surface area contributed by atoms with Crippen LogP contribution in [0.25, 0.3) is 11.1 Å². The molecule has 5 rings (SSSR count). The van der Waals surface area contributed by atoms with E-state index in [1.807, 2.05) is 66.7 Å². The molecule has 9 heteroatoms. The summed E-state index contributed by atoms with van der Waals surface area (Å²) in [5.74, 6) is 1.12. The Bertz CT molecular complexity index is 1580. The second kappa shape index (κ2) is 14.6. The van der Waals surface area contributed by atoms with Gasteiger partial charge in [-0.1, -0.05) is 36.4 Å². The van der Waals surface area contributed by atoms with Gasteiger partial charge in [0.25, 0.3) is 11.5 Å². The van der Waals surface area contributed by atoms with Gasteiger partial charge < -0.3 is 34.6 Å². The Kier molecular flexibility index (Phi) is 10.2. The van der Waals surface area contributed by atoms with Crippen LogP contribution in [0.4, 0.5) is 5.69 Å². The quantitative estimate of drug-likeness (QED) is 0.207. The lowest BCUT2D eigenvalue weighted by molar-refractivity contribution is 0.0388. The number of anilines is 1. The molecule has 0 saturated carbocycles. The Hall–Kier alpha value is -4.44. The fraction of sp³-hybridized carbons (Fsp3) is 0.294. The minimum atomic E-state index is -0.445. The van der Waals surface area contributed by atoms with Gasteiger partial charge in [-0.05, 0) is 77.6 Å². The van der Waals surface area contributed by atoms with E-state index in [4.69, 9.17) is 24.7 Å². The first-order valence-corrected chi connectivity index (χ1v) is 14.5. The number of fused-ring (bicyclic) bond motifs is 1. The number of carbonyl (C=O) groups is 1. The van der Waals surface area contributed by atoms with Gasteiger partial charge in [0.15, 0.2) is 0 Å². The molecule has 3 N–H and O–H groups in total. The lowest BCUT2D eigenvalue weighted by Gasteiger charge is -2.17. The van der Waals surface area contributed by atoms with Crippen LogP contribution in [0.5, 0.6) is 11.5 Å². The van der Waals surface area contributed by atoms with Crippen LogP contribution in [-0.4, -0.2) is 57.2 Å². The maximum absolute atomic E-state index is 13.4. The van der Waals surface area contributed by atoms with E-state index in [-0.39, 0.29) is 17.2 Å². The number of aromatic nitrogens is 1. The third-order valence-electron chi connectivity index (χ3n) is 7.41. The van der Waals surface area contributed by atoms with Crippen LogP contribution in [0, 0.1) is 0 Å². The molecule has 0 saturated heterocycles. The van der Waals surface area contributed by atoms with Gasteiger partial charge in [0, 0.05) is 18.4 Å². The molecule has 1 aliphatic rings. The van der Waals surface area contributed by atoms with E-state index in [1.54, 1.807) is 30.0 Å². The third-order valence-corrected chi connectivity index (χ3v) is 7.41. The summed E-state index contributed by atoms with van der Waals surface area (Å²) in [7, 11) is 1.65. The number of rotatable bonds is 14. The van der Waals surface area contributed by atoms with Crippen LogP contribution in [0.2, 0.25) is 0 Å². The number of nitrogens with one attached hydrogen (secondary N) is 1. The normalized spacial score (nSPS) is 13.9. The standard InChI is InChI=1S/C34H37N3O6/c1-40-32-9-3-7-28-29(32)14-15-31(28)37-17-4-8-30(34(37)39)33(38)36-26-12-10-24(11-13-26)25-5-2-6-27(23-25)43-22-21-42-20-19-41-18-16-35/h2-13,17,23,31H,14-16,18-22,35H2,1H3,(H,36,38). The number of carbonyl (C=O) groups excluding carboxylic acids is 1. The van der Waals surface area contributed by atoms with E-state index in [0.717, 1.165) is 46.6 Å². The van der Waals surface area contributed by atoms with Crippen LogP contribution in [0.15, 0.2) is 89.9 Å². The van der Waals surface area contributed by atoms with E-state index < -0.39 is 5.91 Å². The molecule has 1 heterocycles. The molecule has 1 amide bonds. The monoisotopic (exact) mass is 583 g/mol. The number of benzene rings is 3. The summed E-state index contributed by atoms with van der Waals surface area (Å²) in [6.07, 6.45) is 3.33. The van der Waals surface area contributed by atoms with Gasteiger partial charge >= 0.3 is 0 Å². The zero-order valence-electron chi connectivity index (χ0n) is 24.3. The highest BCUT2D eigenvalue weighted by Crippen LogP contribution is 2.38. The van der Waals surface area contributed by atoms with Crippen LogP contribution in [0.1, 0.15) is 33.9 Å². The van der Waals surface area contributed by atoms with Crippen molar-refractivity contribution in [2.75, 3.05) is 52.0 Å². The van der Waals surface area contributed by atoms with E-state index in [9.17, 15) is 9.59 Å². The van der Waals surface area contributed by atoms with Crippen molar-refractivity contribution < 1.29 is 23.7 Å². The summed E-state index contributed by atoms with van der Waals surface area (Å²) >= 11 is 0. The van der Waals surface area contributed by atoms with Crippen LogP contribution in [0.3, 0.4) is 0 Å². The average molecular weight is 584 g/mol. The van der Waals surface area contributed by atoms with Crippen molar-refractivity contribution in [3.8, 4) is 22.6 Å². The Morgan fingerprint density at radius 2 is 1.67 bits per heavy atom. The Morgan fingerprint density at radius 1 is 0.907 bits per heavy atom. The predicted molar refractivity (Wildman–Crippen MR) is 166 cm³/mol. The molecule has 9 nitrogen and oxygen atoms in total. The van der Waals surface area contributed by atoms with E-state index in [2.05, 4.69) is 5.32 Å². The van der Waals surface area contributed by atoms with Crippen molar-refractivity contribution in [2.24, 2.45) is 5.73 Å². The number of methoxy groups -OCH3 is 1. The molecule has 0 bridgehead atoms. The van der Waals surface area contributed by atoms with E-state index in [1.165, 1.54) is 0 Å². The molecule has 3 aromatic carbocycles. The van der Waals surface area contributed by atoms with Gasteiger partial charge in [0.1, 0.15) is 23.7 Å². The molecular weight excluding hydrogens is 546 g/mol. The highest BCUT2D eigenvalue weighted by Gasteiger charge is 2.28. The third kappa shape index (κ3) is 7.32. The number of pyridine rings is 1. The second-order valence-electron chi connectivity index (χ2n) is 10.1. The summed E-state index contributed by atoms with van der Waals surface area (Å²) < 4.78 is 23.8. The summed E-state index contributed by atoms with van der Waals surface area (Å²) in [6, 6.07) is 24.3. The molecule has 0 fully saturated rings. The summed E-state index contributed by atoms with van der Waals surface area (Å²) in [4.78, 5) is 26.6. The average Bonchev–Trinajstić information content (AvgIpc) is 3.47. The second-order valence-corrected chi connectivity index (χ2v) is 10.1. The number of nitrogens with two attached hydrogens (primary N) is 1. The maximum atomic E-state index is 13.4. The zero-order valence-corrected chi connectivity index (χ0v) is 24.3. The van der Waals surface area contributed by atoms with Gasteiger partial charge in [-0.25, -0.2) is 0 Å². The van der Waals surface area contributed by atoms with Gasteiger partial charge in [-0.15, -0.1) is 0 Å². The highest BCUT2D eigenvalue weighted by atomic mass is 16.5. The Morgan fingerprint density at radius 3 is 2.47 bits per heavy atom. The van der Waals surface area contributed by atoms with Crippen LogP contribution in [-0.2, 0) is 15.9 Å².